The van der Waals surface area contributed by atoms with Crippen LogP contribution in [0.2, 0.25) is 0 Å². The van der Waals surface area contributed by atoms with Crippen molar-refractivity contribution in [2.45, 2.75) is 44.7 Å². The summed E-state index contributed by atoms with van der Waals surface area (Å²) in [5.41, 5.74) is 2.21. The lowest BCUT2D eigenvalue weighted by Gasteiger charge is -2.25. The summed E-state index contributed by atoms with van der Waals surface area (Å²) in [4.78, 5) is 30.8. The minimum absolute atomic E-state index is 0.0246. The van der Waals surface area contributed by atoms with E-state index in [2.05, 4.69) is 25.9 Å². The number of H-pyrrole nitrogens is 1. The number of hydrogen-bond donors (Lipinski definition) is 5. The molecule has 0 bridgehead atoms. The van der Waals surface area contributed by atoms with Gasteiger partial charge in [-0.25, -0.2) is 4.98 Å². The van der Waals surface area contributed by atoms with E-state index in [-0.39, 0.29) is 23.1 Å². The molecule has 1 aromatic carbocycles. The number of nitrogens with zero attached hydrogens (tertiary/aromatic N) is 1. The molecule has 32 heavy (non-hydrogen) atoms. The van der Waals surface area contributed by atoms with Crippen molar-refractivity contribution in [1.82, 2.24) is 15.3 Å². The van der Waals surface area contributed by atoms with Gasteiger partial charge in [0.2, 0.25) is 5.76 Å². The number of aromatic amines is 1. The van der Waals surface area contributed by atoms with Crippen molar-refractivity contribution in [3.05, 3.63) is 76.4 Å². The van der Waals surface area contributed by atoms with Gasteiger partial charge in [0, 0.05) is 24.5 Å². The summed E-state index contributed by atoms with van der Waals surface area (Å²) in [5, 5.41) is 17.7. The highest BCUT2D eigenvalue weighted by molar-refractivity contribution is 6.09. The Labute approximate surface area is 185 Å². The molecule has 0 saturated heterocycles. The molecular formula is C23H26N6O3. The molecule has 0 spiro atoms. The second kappa shape index (κ2) is 9.95. The number of nitrogens with one attached hydrogen (secondary N) is 5. The van der Waals surface area contributed by atoms with Crippen LogP contribution in [0.25, 0.3) is 0 Å². The second-order valence-electron chi connectivity index (χ2n) is 7.82. The first-order valence-corrected chi connectivity index (χ1v) is 10.7. The lowest BCUT2D eigenvalue weighted by molar-refractivity contribution is 0.0923. The Bertz CT molecular complexity index is 1120. The molecule has 0 radical (unpaired) electrons. The fourth-order valence-electron chi connectivity index (χ4n) is 3.82. The van der Waals surface area contributed by atoms with E-state index in [0.717, 1.165) is 18.4 Å². The Morgan fingerprint density at radius 3 is 2.66 bits per heavy atom. The van der Waals surface area contributed by atoms with Crippen LogP contribution in [-0.4, -0.2) is 27.8 Å². The van der Waals surface area contributed by atoms with E-state index in [1.165, 1.54) is 31.9 Å². The number of rotatable bonds is 7. The smallest absolute Gasteiger partial charge is 0.288 e. The zero-order valence-corrected chi connectivity index (χ0v) is 17.6. The summed E-state index contributed by atoms with van der Waals surface area (Å²) in [5.74, 6) is -0.160. The van der Waals surface area contributed by atoms with Crippen LogP contribution in [0.4, 0.5) is 11.4 Å². The summed E-state index contributed by atoms with van der Waals surface area (Å²) >= 11 is 0. The third kappa shape index (κ3) is 5.23. The lowest BCUT2D eigenvalue weighted by Crippen LogP contribution is -2.29. The van der Waals surface area contributed by atoms with Gasteiger partial charge in [-0.15, -0.1) is 0 Å². The molecule has 166 valence electrons. The van der Waals surface area contributed by atoms with Crippen molar-refractivity contribution in [2.75, 3.05) is 10.6 Å². The Kier molecular flexibility index (Phi) is 6.64. The summed E-state index contributed by atoms with van der Waals surface area (Å²) in [6, 6.07) is 9.41. The molecule has 0 aliphatic heterocycles. The lowest BCUT2D eigenvalue weighted by atomic mass is 9.95. The first-order chi connectivity index (χ1) is 15.6. The van der Waals surface area contributed by atoms with Gasteiger partial charge in [0.25, 0.3) is 11.5 Å². The minimum atomic E-state index is -0.340. The molecule has 1 aliphatic carbocycles. The van der Waals surface area contributed by atoms with Crippen LogP contribution in [0, 0.1) is 5.41 Å². The topological polar surface area (TPSA) is 136 Å². The Morgan fingerprint density at radius 2 is 1.94 bits per heavy atom. The van der Waals surface area contributed by atoms with Crippen LogP contribution < -0.4 is 21.5 Å². The van der Waals surface area contributed by atoms with Crippen molar-refractivity contribution in [1.29, 1.82) is 5.41 Å². The summed E-state index contributed by atoms with van der Waals surface area (Å²) in [7, 11) is 0. The maximum Gasteiger partial charge on any atom is 0.288 e. The molecule has 2 heterocycles. The zero-order valence-electron chi connectivity index (χ0n) is 17.6. The number of pyridine rings is 1. The zero-order chi connectivity index (χ0) is 22.3. The molecule has 1 aliphatic rings. The quantitative estimate of drug-likeness (QED) is 0.285. The SMILES string of the molecule is N=C(Nc1ccc(CNC(=O)c2cnco2)cc1)c1c(NC2CCCCC2)cc[nH]c1=O. The monoisotopic (exact) mass is 434 g/mol. The van der Waals surface area contributed by atoms with Gasteiger partial charge >= 0.3 is 0 Å². The highest BCUT2D eigenvalue weighted by atomic mass is 16.3. The molecule has 3 aromatic rings. The van der Waals surface area contributed by atoms with Gasteiger partial charge in [-0.05, 0) is 36.6 Å². The van der Waals surface area contributed by atoms with Crippen LogP contribution in [0.3, 0.4) is 0 Å². The first kappa shape index (κ1) is 21.4. The van der Waals surface area contributed by atoms with Crippen LogP contribution in [-0.2, 0) is 6.54 Å². The molecule has 4 rings (SSSR count). The number of carbonyl (C=O) groups excluding carboxylic acids is 1. The largest absolute Gasteiger partial charge is 0.438 e. The molecule has 9 heteroatoms. The molecule has 5 N–H and O–H groups in total. The van der Waals surface area contributed by atoms with Crippen molar-refractivity contribution in [2.24, 2.45) is 0 Å². The number of benzene rings is 1. The Balaban J connectivity index is 1.39. The minimum Gasteiger partial charge on any atom is -0.438 e. The van der Waals surface area contributed by atoms with Gasteiger partial charge in [0.1, 0.15) is 11.4 Å². The fourth-order valence-corrected chi connectivity index (χ4v) is 3.82. The van der Waals surface area contributed by atoms with Crippen molar-refractivity contribution in [3.63, 3.8) is 0 Å². The standard InChI is InChI=1S/C23H26N6O3/c24-21(20-18(10-11-26-23(20)31)28-16-4-2-1-3-5-16)29-17-8-6-15(7-9-17)12-27-22(30)19-13-25-14-32-19/h6-11,13-14,16H,1-5,12H2,(H2,24,29)(H,27,30)(H2,26,28,31). The molecule has 0 atom stereocenters. The van der Waals surface area contributed by atoms with E-state index in [1.807, 2.05) is 18.2 Å². The number of carbonyl (C=O) groups is 1. The number of amides is 1. The average molecular weight is 435 g/mol. The average Bonchev–Trinajstić information content (AvgIpc) is 3.34. The molecule has 0 unspecified atom stereocenters. The van der Waals surface area contributed by atoms with E-state index in [1.54, 1.807) is 18.3 Å². The number of aromatic nitrogens is 2. The van der Waals surface area contributed by atoms with E-state index >= 15 is 0 Å². The fraction of sp³-hybridized carbons (Fsp3) is 0.304. The summed E-state index contributed by atoms with van der Waals surface area (Å²) in [6.07, 6.45) is 9.91. The van der Waals surface area contributed by atoms with E-state index < -0.39 is 0 Å². The second-order valence-corrected chi connectivity index (χ2v) is 7.82. The Morgan fingerprint density at radius 1 is 1.16 bits per heavy atom. The van der Waals surface area contributed by atoms with Gasteiger partial charge in [0.05, 0.1) is 11.9 Å². The van der Waals surface area contributed by atoms with E-state index in [9.17, 15) is 9.59 Å². The highest BCUT2D eigenvalue weighted by Gasteiger charge is 2.18. The van der Waals surface area contributed by atoms with Crippen LogP contribution >= 0.6 is 0 Å². The van der Waals surface area contributed by atoms with Gasteiger partial charge in [-0.2, -0.15) is 0 Å². The van der Waals surface area contributed by atoms with Gasteiger partial charge < -0.3 is 25.4 Å². The van der Waals surface area contributed by atoms with Crippen LogP contribution in [0.15, 0.2) is 58.3 Å². The van der Waals surface area contributed by atoms with Crippen molar-refractivity contribution >= 4 is 23.1 Å². The van der Waals surface area contributed by atoms with Crippen LogP contribution in [0.1, 0.15) is 53.8 Å². The predicted molar refractivity (Wildman–Crippen MR) is 122 cm³/mol. The Hall–Kier alpha value is -3.88. The predicted octanol–water partition coefficient (Wildman–Crippen LogP) is 3.47. The number of hydrogen-bond acceptors (Lipinski definition) is 6. The highest BCUT2D eigenvalue weighted by Crippen LogP contribution is 2.23. The van der Waals surface area contributed by atoms with Crippen molar-refractivity contribution in [3.8, 4) is 0 Å². The van der Waals surface area contributed by atoms with Crippen LogP contribution in [0.5, 0.6) is 0 Å². The maximum atomic E-state index is 12.5. The van der Waals surface area contributed by atoms with E-state index in [0.29, 0.717) is 29.5 Å². The number of oxazole rings is 1. The maximum absolute atomic E-state index is 12.5. The molecule has 1 fully saturated rings. The normalized spacial score (nSPS) is 14.0. The molecule has 1 amide bonds. The molecule has 9 nitrogen and oxygen atoms in total. The molecule has 2 aromatic heterocycles. The van der Waals surface area contributed by atoms with Gasteiger partial charge in [-0.1, -0.05) is 31.4 Å². The summed E-state index contributed by atoms with van der Waals surface area (Å²) in [6.45, 7) is 0.324. The number of amidine groups is 1. The van der Waals surface area contributed by atoms with Crippen molar-refractivity contribution < 1.29 is 9.21 Å². The third-order valence-corrected chi connectivity index (χ3v) is 5.51. The number of anilines is 2. The van der Waals surface area contributed by atoms with Gasteiger partial charge in [-0.3, -0.25) is 15.0 Å². The third-order valence-electron chi connectivity index (χ3n) is 5.51. The van der Waals surface area contributed by atoms with E-state index in [4.69, 9.17) is 9.83 Å². The summed E-state index contributed by atoms with van der Waals surface area (Å²) < 4.78 is 4.97. The molecular weight excluding hydrogens is 408 g/mol. The van der Waals surface area contributed by atoms with Gasteiger partial charge in [0.15, 0.2) is 6.39 Å². The first-order valence-electron chi connectivity index (χ1n) is 10.7. The molecule has 1 saturated carbocycles.